The van der Waals surface area contributed by atoms with Crippen molar-refractivity contribution >= 4 is 17.4 Å². The molecule has 1 aromatic heterocycles. The van der Waals surface area contributed by atoms with Crippen molar-refractivity contribution in [1.29, 1.82) is 0 Å². The van der Waals surface area contributed by atoms with E-state index in [2.05, 4.69) is 14.9 Å². The van der Waals surface area contributed by atoms with Gasteiger partial charge in [-0.25, -0.2) is 4.63 Å². The number of benzene rings is 1. The number of nitrogens with two attached hydrogens (primary N) is 1. The molecule has 0 unspecified atom stereocenters. The second-order valence-corrected chi connectivity index (χ2v) is 4.14. The number of thioether (sulfide) groups is 1. The summed E-state index contributed by atoms with van der Waals surface area (Å²) in [5.41, 5.74) is 8.30. The summed E-state index contributed by atoms with van der Waals surface area (Å²) in [6, 6.07) is 7.76. The van der Waals surface area contributed by atoms with E-state index >= 15 is 0 Å². The van der Waals surface area contributed by atoms with Gasteiger partial charge in [0, 0.05) is 16.3 Å². The molecule has 5 heteroatoms. The Kier molecular flexibility index (Phi) is 2.91. The van der Waals surface area contributed by atoms with Gasteiger partial charge in [0.05, 0.1) is 0 Å². The van der Waals surface area contributed by atoms with Gasteiger partial charge in [0.1, 0.15) is 11.4 Å². The van der Waals surface area contributed by atoms with Gasteiger partial charge < -0.3 is 5.73 Å². The lowest BCUT2D eigenvalue weighted by Crippen LogP contribution is -1.89. The van der Waals surface area contributed by atoms with E-state index < -0.39 is 0 Å². The van der Waals surface area contributed by atoms with Gasteiger partial charge in [-0.3, -0.25) is 0 Å². The van der Waals surface area contributed by atoms with E-state index in [1.165, 1.54) is 0 Å². The number of aryl methyl sites for hydroxylation is 1. The van der Waals surface area contributed by atoms with Gasteiger partial charge in [0.25, 0.3) is 0 Å². The van der Waals surface area contributed by atoms with Crippen molar-refractivity contribution in [3.63, 3.8) is 0 Å². The molecule has 0 aliphatic heterocycles. The molecule has 0 amide bonds. The molecule has 4 nitrogen and oxygen atoms in total. The zero-order chi connectivity index (χ0) is 10.7. The number of anilines is 1. The molecular formula is C10H11N3OS. The number of rotatable bonds is 3. The lowest BCUT2D eigenvalue weighted by molar-refractivity contribution is 0.302. The Bertz CT molecular complexity index is 455. The van der Waals surface area contributed by atoms with Gasteiger partial charge >= 0.3 is 0 Å². The van der Waals surface area contributed by atoms with E-state index in [1.807, 2.05) is 31.2 Å². The van der Waals surface area contributed by atoms with Crippen molar-refractivity contribution in [3.05, 3.63) is 35.7 Å². The van der Waals surface area contributed by atoms with E-state index in [0.717, 1.165) is 27.7 Å². The average Bonchev–Trinajstić information content (AvgIpc) is 2.63. The fraction of sp³-hybridized carbons (Fsp3) is 0.200. The van der Waals surface area contributed by atoms with Gasteiger partial charge in [-0.15, -0.1) is 11.8 Å². The normalized spacial score (nSPS) is 10.5. The van der Waals surface area contributed by atoms with Crippen LogP contribution in [0.4, 0.5) is 5.69 Å². The highest BCUT2D eigenvalue weighted by atomic mass is 32.2. The lowest BCUT2D eigenvalue weighted by Gasteiger charge is -2.02. The molecule has 2 aromatic rings. The number of aromatic nitrogens is 2. The maximum atomic E-state index is 5.82. The maximum absolute atomic E-state index is 5.82. The van der Waals surface area contributed by atoms with E-state index in [1.54, 1.807) is 11.8 Å². The number of nitrogens with zero attached hydrogens (tertiary/aromatic N) is 2. The molecule has 2 rings (SSSR count). The Hall–Kier alpha value is -1.49. The summed E-state index contributed by atoms with van der Waals surface area (Å²) in [6.45, 7) is 1.88. The van der Waals surface area contributed by atoms with E-state index in [0.29, 0.717) is 0 Å². The minimum Gasteiger partial charge on any atom is -0.398 e. The zero-order valence-corrected chi connectivity index (χ0v) is 9.12. The standard InChI is InChI=1S/C10H11N3OS/c1-7-9(13-14-12-7)6-15-10-5-3-2-4-8(10)11/h2-5H,6,11H2,1H3. The number of hydrogen-bond donors (Lipinski definition) is 1. The number of para-hydroxylation sites is 1. The summed E-state index contributed by atoms with van der Waals surface area (Å²) in [5, 5.41) is 7.53. The third-order valence-electron chi connectivity index (χ3n) is 2.03. The Morgan fingerprint density at radius 3 is 2.80 bits per heavy atom. The van der Waals surface area contributed by atoms with E-state index in [4.69, 9.17) is 5.73 Å². The average molecular weight is 221 g/mol. The van der Waals surface area contributed by atoms with Gasteiger partial charge in [-0.05, 0) is 19.1 Å². The summed E-state index contributed by atoms with van der Waals surface area (Å²) >= 11 is 1.63. The number of nitrogen functional groups attached to an aromatic ring is 1. The van der Waals surface area contributed by atoms with Crippen LogP contribution in [0.5, 0.6) is 0 Å². The van der Waals surface area contributed by atoms with Gasteiger partial charge in [-0.1, -0.05) is 22.4 Å². The molecule has 0 saturated carbocycles. The van der Waals surface area contributed by atoms with Crippen LogP contribution in [0, 0.1) is 6.92 Å². The van der Waals surface area contributed by atoms with Crippen molar-refractivity contribution in [2.75, 3.05) is 5.73 Å². The fourth-order valence-electron chi connectivity index (χ4n) is 1.14. The first-order valence-corrected chi connectivity index (χ1v) is 5.51. The minimum absolute atomic E-state index is 0.726. The second-order valence-electron chi connectivity index (χ2n) is 3.12. The second kappa shape index (κ2) is 4.35. The SMILES string of the molecule is Cc1nonc1CSc1ccccc1N. The Labute approximate surface area is 91.8 Å². The van der Waals surface area contributed by atoms with Crippen LogP contribution in [-0.4, -0.2) is 10.3 Å². The molecule has 0 aliphatic rings. The summed E-state index contributed by atoms with van der Waals surface area (Å²) in [7, 11) is 0. The third-order valence-corrected chi connectivity index (χ3v) is 3.13. The molecule has 15 heavy (non-hydrogen) atoms. The Balaban J connectivity index is 2.06. The summed E-state index contributed by atoms with van der Waals surface area (Å²) < 4.78 is 4.62. The molecule has 0 radical (unpaired) electrons. The molecule has 1 aromatic carbocycles. The summed E-state index contributed by atoms with van der Waals surface area (Å²) in [4.78, 5) is 1.06. The Morgan fingerprint density at radius 2 is 2.13 bits per heavy atom. The number of hydrogen-bond acceptors (Lipinski definition) is 5. The van der Waals surface area contributed by atoms with Crippen molar-refractivity contribution in [1.82, 2.24) is 10.3 Å². The first-order chi connectivity index (χ1) is 7.27. The highest BCUT2D eigenvalue weighted by Crippen LogP contribution is 2.27. The molecule has 2 N–H and O–H groups in total. The lowest BCUT2D eigenvalue weighted by atomic mass is 10.3. The molecular weight excluding hydrogens is 210 g/mol. The largest absolute Gasteiger partial charge is 0.398 e. The van der Waals surface area contributed by atoms with Crippen LogP contribution in [0.3, 0.4) is 0 Å². The van der Waals surface area contributed by atoms with Crippen LogP contribution in [0.1, 0.15) is 11.4 Å². The van der Waals surface area contributed by atoms with Crippen LogP contribution in [-0.2, 0) is 5.75 Å². The summed E-state index contributed by atoms with van der Waals surface area (Å²) in [5.74, 6) is 0.726. The van der Waals surface area contributed by atoms with Crippen LogP contribution >= 0.6 is 11.8 Å². The molecule has 1 heterocycles. The molecule has 0 bridgehead atoms. The highest BCUT2D eigenvalue weighted by molar-refractivity contribution is 7.98. The summed E-state index contributed by atoms with van der Waals surface area (Å²) in [6.07, 6.45) is 0. The van der Waals surface area contributed by atoms with Crippen molar-refractivity contribution in [3.8, 4) is 0 Å². The van der Waals surface area contributed by atoms with Crippen LogP contribution < -0.4 is 5.73 Å². The predicted molar refractivity (Wildman–Crippen MR) is 59.5 cm³/mol. The van der Waals surface area contributed by atoms with E-state index in [-0.39, 0.29) is 0 Å². The maximum Gasteiger partial charge on any atom is 0.118 e. The molecule has 0 atom stereocenters. The smallest absolute Gasteiger partial charge is 0.118 e. The van der Waals surface area contributed by atoms with Crippen molar-refractivity contribution in [2.24, 2.45) is 0 Å². The molecule has 78 valence electrons. The van der Waals surface area contributed by atoms with Crippen LogP contribution in [0.15, 0.2) is 33.8 Å². The Morgan fingerprint density at radius 1 is 1.33 bits per heavy atom. The molecule has 0 spiro atoms. The highest BCUT2D eigenvalue weighted by Gasteiger charge is 2.06. The first-order valence-electron chi connectivity index (χ1n) is 4.52. The first kappa shape index (κ1) is 10.0. The fourth-order valence-corrected chi connectivity index (χ4v) is 2.10. The van der Waals surface area contributed by atoms with Crippen molar-refractivity contribution in [2.45, 2.75) is 17.6 Å². The topological polar surface area (TPSA) is 64.9 Å². The molecule has 0 fully saturated rings. The van der Waals surface area contributed by atoms with Crippen molar-refractivity contribution < 1.29 is 4.63 Å². The van der Waals surface area contributed by atoms with Crippen LogP contribution in [0.25, 0.3) is 0 Å². The molecule has 0 aliphatic carbocycles. The predicted octanol–water partition coefficient (Wildman–Crippen LogP) is 2.25. The third kappa shape index (κ3) is 2.30. The minimum atomic E-state index is 0.726. The van der Waals surface area contributed by atoms with Crippen LogP contribution in [0.2, 0.25) is 0 Å². The van der Waals surface area contributed by atoms with Gasteiger partial charge in [0.2, 0.25) is 0 Å². The zero-order valence-electron chi connectivity index (χ0n) is 8.30. The monoisotopic (exact) mass is 221 g/mol. The molecule has 0 saturated heterocycles. The van der Waals surface area contributed by atoms with Gasteiger partial charge in [-0.2, -0.15) is 0 Å². The van der Waals surface area contributed by atoms with E-state index in [9.17, 15) is 0 Å². The van der Waals surface area contributed by atoms with Gasteiger partial charge in [0.15, 0.2) is 0 Å². The quantitative estimate of drug-likeness (QED) is 0.636.